The molecule has 1 aliphatic heterocycles. The minimum absolute atomic E-state index is 0.625. The predicted octanol–water partition coefficient (Wildman–Crippen LogP) is 3.90. The molecule has 0 saturated carbocycles. The number of nitrogens with zero attached hydrogens (tertiary/aromatic N) is 4. The van der Waals surface area contributed by atoms with Crippen LogP contribution in [0.1, 0.15) is 39.5 Å². The molecule has 1 aliphatic rings. The summed E-state index contributed by atoms with van der Waals surface area (Å²) in [4.78, 5) is 7.28. The van der Waals surface area contributed by atoms with Crippen LogP contribution in [0.2, 0.25) is 0 Å². The molecule has 0 bridgehead atoms. The zero-order chi connectivity index (χ0) is 14.1. The summed E-state index contributed by atoms with van der Waals surface area (Å²) in [5.74, 6) is 1.81. The largest absolute Gasteiger partial charge is 0.354 e. The second-order valence-corrected chi connectivity index (χ2v) is 6.87. The summed E-state index contributed by atoms with van der Waals surface area (Å²) < 4.78 is 2.77. The minimum Gasteiger partial charge on any atom is -0.354 e. The highest BCUT2D eigenvalue weighted by molar-refractivity contribution is 9.10. The number of hydrogen-bond donors (Lipinski definition) is 0. The van der Waals surface area contributed by atoms with Gasteiger partial charge in [0.25, 0.3) is 0 Å². The fourth-order valence-corrected chi connectivity index (χ4v) is 3.44. The van der Waals surface area contributed by atoms with Gasteiger partial charge in [-0.25, -0.2) is 9.50 Å². The Labute approximate surface area is 128 Å². The molecule has 0 aliphatic carbocycles. The molecule has 1 fully saturated rings. The third kappa shape index (κ3) is 2.68. The first-order valence-electron chi connectivity index (χ1n) is 7.41. The van der Waals surface area contributed by atoms with Crippen molar-refractivity contribution >= 4 is 27.4 Å². The van der Waals surface area contributed by atoms with Gasteiger partial charge in [0.15, 0.2) is 5.65 Å². The highest BCUT2D eigenvalue weighted by atomic mass is 79.9. The Morgan fingerprint density at radius 3 is 3.05 bits per heavy atom. The number of aromatic nitrogens is 3. The second-order valence-electron chi connectivity index (χ2n) is 6.02. The van der Waals surface area contributed by atoms with E-state index in [1.807, 2.05) is 10.7 Å². The maximum atomic E-state index is 4.80. The average molecular weight is 337 g/mol. The number of rotatable bonds is 3. The van der Waals surface area contributed by atoms with Crippen LogP contribution in [0.25, 0.3) is 5.65 Å². The Hall–Kier alpha value is -1.10. The first-order valence-corrected chi connectivity index (χ1v) is 8.21. The lowest BCUT2D eigenvalue weighted by Gasteiger charge is -2.37. The maximum Gasteiger partial charge on any atom is 0.171 e. The Balaban J connectivity index is 1.92. The Bertz CT molecular complexity index is 593. The molecular weight excluding hydrogens is 316 g/mol. The summed E-state index contributed by atoms with van der Waals surface area (Å²) in [6, 6.07) is 2.71. The van der Waals surface area contributed by atoms with E-state index in [4.69, 9.17) is 4.98 Å². The quantitative estimate of drug-likeness (QED) is 0.852. The van der Waals surface area contributed by atoms with E-state index in [0.717, 1.165) is 28.4 Å². The molecule has 0 amide bonds. The van der Waals surface area contributed by atoms with E-state index in [0.29, 0.717) is 6.04 Å². The molecule has 3 rings (SSSR count). The first-order chi connectivity index (χ1) is 9.65. The zero-order valence-corrected chi connectivity index (χ0v) is 13.7. The van der Waals surface area contributed by atoms with Gasteiger partial charge in [-0.05, 0) is 53.6 Å². The molecule has 0 radical (unpaired) electrons. The van der Waals surface area contributed by atoms with Crippen LogP contribution in [0.4, 0.5) is 5.82 Å². The van der Waals surface area contributed by atoms with E-state index in [1.54, 1.807) is 6.20 Å². The van der Waals surface area contributed by atoms with Gasteiger partial charge in [0.1, 0.15) is 5.82 Å². The third-order valence-electron chi connectivity index (χ3n) is 3.98. The van der Waals surface area contributed by atoms with Crippen LogP contribution in [0, 0.1) is 5.92 Å². The van der Waals surface area contributed by atoms with Crippen molar-refractivity contribution in [3.8, 4) is 0 Å². The standard InChI is InChI=1S/C15H21BrN4/c1-11(2)9-12-5-3-4-7-19(12)14-6-8-20-15(18-14)13(16)10-17-20/h6,8,10-12H,3-5,7,9H2,1-2H3. The predicted molar refractivity (Wildman–Crippen MR) is 85.1 cm³/mol. The highest BCUT2D eigenvalue weighted by Gasteiger charge is 2.24. The molecule has 2 aromatic rings. The fourth-order valence-electron chi connectivity index (χ4n) is 3.08. The fraction of sp³-hybridized carbons (Fsp3) is 0.600. The van der Waals surface area contributed by atoms with E-state index >= 15 is 0 Å². The molecule has 2 aromatic heterocycles. The van der Waals surface area contributed by atoms with Crippen LogP contribution < -0.4 is 4.90 Å². The van der Waals surface area contributed by atoms with Gasteiger partial charge >= 0.3 is 0 Å². The molecule has 108 valence electrons. The number of halogens is 1. The molecule has 1 unspecified atom stereocenters. The van der Waals surface area contributed by atoms with Crippen molar-refractivity contribution in [2.45, 2.75) is 45.6 Å². The van der Waals surface area contributed by atoms with Crippen molar-refractivity contribution in [3.63, 3.8) is 0 Å². The molecule has 1 saturated heterocycles. The third-order valence-corrected chi connectivity index (χ3v) is 4.54. The van der Waals surface area contributed by atoms with E-state index in [-0.39, 0.29) is 0 Å². The Morgan fingerprint density at radius 1 is 1.40 bits per heavy atom. The lowest BCUT2D eigenvalue weighted by molar-refractivity contribution is 0.391. The average Bonchev–Trinajstić information content (AvgIpc) is 2.80. The molecule has 0 aromatic carbocycles. The van der Waals surface area contributed by atoms with Gasteiger partial charge in [-0.2, -0.15) is 5.10 Å². The molecule has 20 heavy (non-hydrogen) atoms. The molecule has 0 spiro atoms. The highest BCUT2D eigenvalue weighted by Crippen LogP contribution is 2.28. The van der Waals surface area contributed by atoms with Crippen LogP contribution in [0.15, 0.2) is 22.9 Å². The summed E-state index contributed by atoms with van der Waals surface area (Å²) >= 11 is 3.52. The van der Waals surface area contributed by atoms with Gasteiger partial charge in [0.2, 0.25) is 0 Å². The van der Waals surface area contributed by atoms with E-state index in [1.165, 1.54) is 25.7 Å². The van der Waals surface area contributed by atoms with Crippen molar-refractivity contribution < 1.29 is 0 Å². The smallest absolute Gasteiger partial charge is 0.171 e. The molecule has 1 atom stereocenters. The van der Waals surface area contributed by atoms with Crippen molar-refractivity contribution in [3.05, 3.63) is 22.9 Å². The maximum absolute atomic E-state index is 4.80. The van der Waals surface area contributed by atoms with Gasteiger partial charge in [0.05, 0.1) is 10.7 Å². The SMILES string of the molecule is CC(C)CC1CCCCN1c1ccn2ncc(Br)c2n1. The lowest BCUT2D eigenvalue weighted by atomic mass is 9.94. The van der Waals surface area contributed by atoms with Crippen LogP contribution in [-0.2, 0) is 0 Å². The zero-order valence-electron chi connectivity index (χ0n) is 12.1. The number of piperidine rings is 1. The van der Waals surface area contributed by atoms with Gasteiger partial charge in [-0.1, -0.05) is 13.8 Å². The molecule has 4 nitrogen and oxygen atoms in total. The van der Waals surface area contributed by atoms with Crippen LogP contribution in [0.5, 0.6) is 0 Å². The van der Waals surface area contributed by atoms with Gasteiger partial charge in [-0.15, -0.1) is 0 Å². The van der Waals surface area contributed by atoms with E-state index < -0.39 is 0 Å². The number of hydrogen-bond acceptors (Lipinski definition) is 3. The Kier molecular flexibility index (Phi) is 3.96. The van der Waals surface area contributed by atoms with Crippen LogP contribution in [0.3, 0.4) is 0 Å². The van der Waals surface area contributed by atoms with Crippen molar-refractivity contribution in [2.75, 3.05) is 11.4 Å². The van der Waals surface area contributed by atoms with Crippen LogP contribution in [-0.4, -0.2) is 27.2 Å². The summed E-state index contributed by atoms with van der Waals surface area (Å²) in [5, 5.41) is 4.26. The van der Waals surface area contributed by atoms with Gasteiger partial charge in [-0.3, -0.25) is 0 Å². The van der Waals surface area contributed by atoms with Crippen LogP contribution >= 0.6 is 15.9 Å². The molecule has 5 heteroatoms. The van der Waals surface area contributed by atoms with E-state index in [2.05, 4.69) is 45.8 Å². The summed E-state index contributed by atoms with van der Waals surface area (Å²) in [6.45, 7) is 5.72. The van der Waals surface area contributed by atoms with Crippen molar-refractivity contribution in [2.24, 2.45) is 5.92 Å². The van der Waals surface area contributed by atoms with Gasteiger partial charge < -0.3 is 4.90 Å². The lowest BCUT2D eigenvalue weighted by Crippen LogP contribution is -2.40. The summed E-state index contributed by atoms with van der Waals surface area (Å²) in [6.07, 6.45) is 8.94. The molecule has 0 N–H and O–H groups in total. The number of fused-ring (bicyclic) bond motifs is 1. The molecular formula is C15H21BrN4. The number of anilines is 1. The normalized spacial score (nSPS) is 20.0. The van der Waals surface area contributed by atoms with Gasteiger partial charge in [0, 0.05) is 18.8 Å². The topological polar surface area (TPSA) is 33.4 Å². The Morgan fingerprint density at radius 2 is 2.25 bits per heavy atom. The van der Waals surface area contributed by atoms with E-state index in [9.17, 15) is 0 Å². The molecule has 3 heterocycles. The van der Waals surface area contributed by atoms with Crippen molar-refractivity contribution in [1.82, 2.24) is 14.6 Å². The van der Waals surface area contributed by atoms with Crippen molar-refractivity contribution in [1.29, 1.82) is 0 Å². The minimum atomic E-state index is 0.625. The summed E-state index contributed by atoms with van der Waals surface area (Å²) in [5.41, 5.74) is 0.899. The summed E-state index contributed by atoms with van der Waals surface area (Å²) in [7, 11) is 0. The first kappa shape index (κ1) is 13.9. The monoisotopic (exact) mass is 336 g/mol. The second kappa shape index (κ2) is 5.72.